The van der Waals surface area contributed by atoms with Gasteiger partial charge in [0.1, 0.15) is 6.04 Å². The van der Waals surface area contributed by atoms with Crippen LogP contribution in [0.15, 0.2) is 0 Å². The zero-order chi connectivity index (χ0) is 14.9. The van der Waals surface area contributed by atoms with Crippen LogP contribution in [0.3, 0.4) is 0 Å². The van der Waals surface area contributed by atoms with E-state index in [-0.39, 0.29) is 12.6 Å². The number of piperidine rings is 1. The number of hydrogen-bond donors (Lipinski definition) is 1. The Labute approximate surface area is 124 Å². The molecule has 3 fully saturated rings. The smallest absolute Gasteiger partial charge is 0.298 e. The molecule has 2 unspecified atom stereocenters. The number of hydrogen-bond acceptors (Lipinski definition) is 3. The van der Waals surface area contributed by atoms with Crippen molar-refractivity contribution in [3.8, 4) is 0 Å². The lowest BCUT2D eigenvalue weighted by Crippen LogP contribution is -2.61. The number of nitrogens with zero attached hydrogens (tertiary/aromatic N) is 2. The van der Waals surface area contributed by atoms with Crippen LogP contribution in [-0.2, 0) is 0 Å². The van der Waals surface area contributed by atoms with Gasteiger partial charge in [-0.2, -0.15) is 13.2 Å². The molecule has 3 nitrogen and oxygen atoms in total. The molecule has 6 heteroatoms. The van der Waals surface area contributed by atoms with Crippen LogP contribution in [0.4, 0.5) is 13.2 Å². The first-order valence-electron chi connectivity index (χ1n) is 8.35. The van der Waals surface area contributed by atoms with Gasteiger partial charge in [-0.1, -0.05) is 12.8 Å². The molecule has 0 spiro atoms. The van der Waals surface area contributed by atoms with Gasteiger partial charge >= 0.3 is 6.18 Å². The molecule has 0 amide bonds. The largest absolute Gasteiger partial charge is 0.403 e. The molecule has 0 bridgehead atoms. The molecule has 2 saturated heterocycles. The van der Waals surface area contributed by atoms with Gasteiger partial charge in [0.15, 0.2) is 0 Å². The molecule has 1 saturated carbocycles. The highest BCUT2D eigenvalue weighted by Gasteiger charge is 2.43. The summed E-state index contributed by atoms with van der Waals surface area (Å²) in [5.74, 6) is 0. The first-order chi connectivity index (χ1) is 10.0. The fraction of sp³-hybridized carbons (Fsp3) is 1.00. The Bertz CT molecular complexity index is 334. The third-order valence-corrected chi connectivity index (χ3v) is 5.39. The van der Waals surface area contributed by atoms with Crippen molar-refractivity contribution in [2.24, 2.45) is 0 Å². The molecule has 21 heavy (non-hydrogen) atoms. The number of alkyl halides is 3. The van der Waals surface area contributed by atoms with E-state index in [9.17, 15) is 13.2 Å². The van der Waals surface area contributed by atoms with Gasteiger partial charge in [0.25, 0.3) is 0 Å². The van der Waals surface area contributed by atoms with E-state index < -0.39 is 12.2 Å². The van der Waals surface area contributed by atoms with E-state index in [1.54, 1.807) is 0 Å². The van der Waals surface area contributed by atoms with E-state index in [1.807, 2.05) is 0 Å². The minimum Gasteiger partial charge on any atom is -0.298 e. The van der Waals surface area contributed by atoms with Gasteiger partial charge in [0.05, 0.1) is 6.17 Å². The monoisotopic (exact) mass is 305 g/mol. The fourth-order valence-electron chi connectivity index (χ4n) is 4.14. The number of rotatable bonds is 2. The van der Waals surface area contributed by atoms with E-state index in [2.05, 4.69) is 15.1 Å². The number of nitrogens with one attached hydrogen (secondary N) is 1. The normalized spacial score (nSPS) is 34.4. The zero-order valence-corrected chi connectivity index (χ0v) is 12.5. The SMILES string of the molecule is FC(F)(F)C1CCCC(N2CCN(C3CCCC3)CC2)N1. The van der Waals surface area contributed by atoms with E-state index in [4.69, 9.17) is 0 Å². The maximum atomic E-state index is 12.9. The highest BCUT2D eigenvalue weighted by atomic mass is 19.4. The number of halogens is 3. The van der Waals surface area contributed by atoms with Crippen molar-refractivity contribution < 1.29 is 13.2 Å². The maximum absolute atomic E-state index is 12.9. The van der Waals surface area contributed by atoms with E-state index in [0.717, 1.165) is 38.6 Å². The van der Waals surface area contributed by atoms with E-state index >= 15 is 0 Å². The van der Waals surface area contributed by atoms with Crippen LogP contribution in [0.25, 0.3) is 0 Å². The third-order valence-electron chi connectivity index (χ3n) is 5.39. The molecule has 0 aromatic carbocycles. The molecule has 0 radical (unpaired) electrons. The van der Waals surface area contributed by atoms with Crippen molar-refractivity contribution in [3.05, 3.63) is 0 Å². The standard InChI is InChI=1S/C15H26F3N3/c16-15(17,18)13-6-3-7-14(19-13)21-10-8-20(9-11-21)12-4-1-2-5-12/h12-14,19H,1-11H2. The van der Waals surface area contributed by atoms with Crippen molar-refractivity contribution in [2.45, 2.75) is 69.4 Å². The predicted molar refractivity (Wildman–Crippen MR) is 76.0 cm³/mol. The minimum absolute atomic E-state index is 0.0869. The number of piperazine rings is 1. The van der Waals surface area contributed by atoms with Gasteiger partial charge in [-0.25, -0.2) is 0 Å². The van der Waals surface area contributed by atoms with Crippen LogP contribution < -0.4 is 5.32 Å². The van der Waals surface area contributed by atoms with Crippen LogP contribution in [0.2, 0.25) is 0 Å². The zero-order valence-electron chi connectivity index (χ0n) is 12.5. The third kappa shape index (κ3) is 3.71. The lowest BCUT2D eigenvalue weighted by atomic mass is 10.0. The molecule has 1 aliphatic carbocycles. The predicted octanol–water partition coefficient (Wildman–Crippen LogP) is 2.58. The first kappa shape index (κ1) is 15.6. The summed E-state index contributed by atoms with van der Waals surface area (Å²) in [7, 11) is 0. The van der Waals surface area contributed by atoms with Crippen molar-refractivity contribution in [1.82, 2.24) is 15.1 Å². The summed E-state index contributed by atoms with van der Waals surface area (Å²) in [6.07, 6.45) is 2.82. The van der Waals surface area contributed by atoms with Crippen molar-refractivity contribution in [2.75, 3.05) is 26.2 Å². The van der Waals surface area contributed by atoms with Crippen molar-refractivity contribution >= 4 is 0 Å². The quantitative estimate of drug-likeness (QED) is 0.846. The second kappa shape index (κ2) is 6.42. The van der Waals surface area contributed by atoms with Crippen LogP contribution in [0, 0.1) is 0 Å². The second-order valence-electron chi connectivity index (χ2n) is 6.72. The highest BCUT2D eigenvalue weighted by Crippen LogP contribution is 2.29. The molecule has 2 atom stereocenters. The Morgan fingerprint density at radius 2 is 1.38 bits per heavy atom. The highest BCUT2D eigenvalue weighted by molar-refractivity contribution is 4.88. The van der Waals surface area contributed by atoms with Gasteiger partial charge in [-0.3, -0.25) is 15.1 Å². The van der Waals surface area contributed by atoms with Crippen LogP contribution in [0.1, 0.15) is 44.9 Å². The van der Waals surface area contributed by atoms with Crippen LogP contribution in [-0.4, -0.2) is 60.4 Å². The average molecular weight is 305 g/mol. The Kier molecular flexibility index (Phi) is 4.76. The molecule has 0 aromatic rings. The Hall–Kier alpha value is -0.330. The van der Waals surface area contributed by atoms with Crippen molar-refractivity contribution in [1.29, 1.82) is 0 Å². The van der Waals surface area contributed by atoms with Crippen LogP contribution in [0.5, 0.6) is 0 Å². The first-order valence-corrected chi connectivity index (χ1v) is 8.35. The van der Waals surface area contributed by atoms with Gasteiger partial charge in [-0.05, 0) is 32.1 Å². The van der Waals surface area contributed by atoms with Gasteiger partial charge < -0.3 is 0 Å². The molecule has 3 aliphatic rings. The molecule has 0 aromatic heterocycles. The molecule has 1 N–H and O–H groups in total. The molecular weight excluding hydrogens is 279 g/mol. The molecule has 2 aliphatic heterocycles. The summed E-state index contributed by atoms with van der Waals surface area (Å²) < 4.78 is 38.6. The summed E-state index contributed by atoms with van der Waals surface area (Å²) in [6.45, 7) is 3.83. The minimum atomic E-state index is -4.11. The van der Waals surface area contributed by atoms with Crippen LogP contribution >= 0.6 is 0 Å². The summed E-state index contributed by atoms with van der Waals surface area (Å²) in [5, 5.41) is 2.83. The summed E-state index contributed by atoms with van der Waals surface area (Å²) in [5.41, 5.74) is 0. The molecule has 122 valence electrons. The molecular formula is C15H26F3N3. The summed E-state index contributed by atoms with van der Waals surface area (Å²) >= 11 is 0. The average Bonchev–Trinajstić information content (AvgIpc) is 3.01. The Morgan fingerprint density at radius 3 is 2.00 bits per heavy atom. The Balaban J connectivity index is 1.49. The lowest BCUT2D eigenvalue weighted by molar-refractivity contribution is -0.168. The van der Waals surface area contributed by atoms with Crippen molar-refractivity contribution in [3.63, 3.8) is 0 Å². The van der Waals surface area contributed by atoms with Gasteiger partial charge in [0.2, 0.25) is 0 Å². The van der Waals surface area contributed by atoms with Gasteiger partial charge in [-0.15, -0.1) is 0 Å². The Morgan fingerprint density at radius 1 is 0.762 bits per heavy atom. The summed E-state index contributed by atoms with van der Waals surface area (Å²) in [4.78, 5) is 4.77. The summed E-state index contributed by atoms with van der Waals surface area (Å²) in [6, 6.07) is -0.585. The van der Waals surface area contributed by atoms with E-state index in [1.165, 1.54) is 25.7 Å². The van der Waals surface area contributed by atoms with Gasteiger partial charge in [0, 0.05) is 32.2 Å². The van der Waals surface area contributed by atoms with E-state index in [0.29, 0.717) is 6.42 Å². The maximum Gasteiger partial charge on any atom is 0.403 e. The lowest BCUT2D eigenvalue weighted by Gasteiger charge is -2.44. The topological polar surface area (TPSA) is 18.5 Å². The fourth-order valence-corrected chi connectivity index (χ4v) is 4.14. The molecule has 2 heterocycles. The molecule has 3 rings (SSSR count). The second-order valence-corrected chi connectivity index (χ2v) is 6.72.